The summed E-state index contributed by atoms with van der Waals surface area (Å²) < 4.78 is 1.78. The topological polar surface area (TPSA) is 65.2 Å². The molecule has 1 amide bonds. The maximum Gasteiger partial charge on any atom is 0.256 e. The zero-order valence-electron chi connectivity index (χ0n) is 14.0. The van der Waals surface area contributed by atoms with Gasteiger partial charge < -0.3 is 17.7 Å². The van der Waals surface area contributed by atoms with E-state index < -0.39 is 0 Å². The minimum atomic E-state index is -0.137. The molecule has 4 rings (SSSR count). The van der Waals surface area contributed by atoms with Crippen molar-refractivity contribution in [2.24, 2.45) is 0 Å². The van der Waals surface area contributed by atoms with Gasteiger partial charge in [0.15, 0.2) is 0 Å². The molecule has 2 N–H and O–H groups in total. The zero-order valence-corrected chi connectivity index (χ0v) is 14.8. The van der Waals surface area contributed by atoms with Crippen molar-refractivity contribution in [1.29, 1.82) is 0 Å². The lowest BCUT2D eigenvalue weighted by Gasteiger charge is -2.09. The second kappa shape index (κ2) is 6.33. The number of nitrogens with zero attached hydrogens (tertiary/aromatic N) is 1. The lowest BCUT2D eigenvalue weighted by Crippen LogP contribution is -3.00. The molecule has 3 aromatic rings. The van der Waals surface area contributed by atoms with Gasteiger partial charge >= 0.3 is 0 Å². The second-order valence-corrected chi connectivity index (χ2v) is 6.25. The van der Waals surface area contributed by atoms with Crippen LogP contribution in [0.25, 0.3) is 22.3 Å². The number of pyridine rings is 2. The summed E-state index contributed by atoms with van der Waals surface area (Å²) in [6, 6.07) is 12.3. The van der Waals surface area contributed by atoms with Crippen LogP contribution in [-0.2, 0) is 17.9 Å². The number of hydrogen-bond acceptors (Lipinski definition) is 2. The standard InChI is InChI=1S/C19H17N3O2.ClH/c1-11-7-17-18-14(8-13-5-3-4-6-16(13)21-18)10-22(17)19(24)15(11)9-20-12(2)23;/h3-8H,9-10H2,1-2H3,(H,20,23);1H. The van der Waals surface area contributed by atoms with Crippen molar-refractivity contribution < 1.29 is 22.2 Å². The first kappa shape index (κ1) is 17.2. The van der Waals surface area contributed by atoms with E-state index in [9.17, 15) is 9.59 Å². The quantitative estimate of drug-likeness (QED) is 0.490. The molecule has 3 heterocycles. The molecule has 128 valence electrons. The number of fused-ring (bicyclic) bond motifs is 4. The van der Waals surface area contributed by atoms with Gasteiger partial charge in [-0.2, -0.15) is 0 Å². The van der Waals surface area contributed by atoms with Crippen molar-refractivity contribution in [2.45, 2.75) is 26.9 Å². The fraction of sp³-hybridized carbons (Fsp3) is 0.211. The predicted octanol–water partition coefficient (Wildman–Crippen LogP) is -1.21. The van der Waals surface area contributed by atoms with E-state index in [-0.39, 0.29) is 30.4 Å². The lowest BCUT2D eigenvalue weighted by molar-refractivity contribution is -0.331. The molecule has 6 heteroatoms. The first-order valence-corrected chi connectivity index (χ1v) is 7.96. The normalized spacial score (nSPS) is 11.6. The van der Waals surface area contributed by atoms with Gasteiger partial charge in [0.1, 0.15) is 5.69 Å². The zero-order chi connectivity index (χ0) is 16.8. The Hall–Kier alpha value is -2.66. The Morgan fingerprint density at radius 3 is 2.80 bits per heavy atom. The minimum Gasteiger partial charge on any atom is -1.00 e. The van der Waals surface area contributed by atoms with Crippen molar-refractivity contribution in [3.05, 3.63) is 63.4 Å². The average molecular weight is 356 g/mol. The van der Waals surface area contributed by atoms with Crippen LogP contribution >= 0.6 is 0 Å². The molecule has 1 aliphatic heterocycles. The van der Waals surface area contributed by atoms with Gasteiger partial charge in [-0.3, -0.25) is 14.2 Å². The smallest absolute Gasteiger partial charge is 0.256 e. The molecule has 0 saturated heterocycles. The Bertz CT molecular complexity index is 1060. The van der Waals surface area contributed by atoms with Gasteiger partial charge in [0, 0.05) is 36.0 Å². The van der Waals surface area contributed by atoms with E-state index >= 15 is 0 Å². The number of amides is 1. The van der Waals surface area contributed by atoms with Crippen LogP contribution in [0.15, 0.2) is 41.2 Å². The number of aromatic nitrogens is 2. The minimum absolute atomic E-state index is 0. The summed E-state index contributed by atoms with van der Waals surface area (Å²) in [7, 11) is 0. The summed E-state index contributed by atoms with van der Waals surface area (Å²) in [6.07, 6.45) is 0. The number of para-hydroxylation sites is 1. The molecule has 25 heavy (non-hydrogen) atoms. The Labute approximate surface area is 151 Å². The third-order valence-electron chi connectivity index (χ3n) is 4.59. The molecule has 0 spiro atoms. The number of nitrogens with one attached hydrogen (secondary N) is 2. The lowest BCUT2D eigenvalue weighted by atomic mass is 10.1. The maximum absolute atomic E-state index is 12.9. The highest BCUT2D eigenvalue weighted by molar-refractivity contribution is 5.79. The van der Waals surface area contributed by atoms with Gasteiger partial charge in [0.2, 0.25) is 17.1 Å². The third-order valence-corrected chi connectivity index (χ3v) is 4.59. The van der Waals surface area contributed by atoms with Gasteiger partial charge in [0.25, 0.3) is 5.56 Å². The first-order valence-electron chi connectivity index (χ1n) is 7.96. The van der Waals surface area contributed by atoms with Crippen LogP contribution in [0.4, 0.5) is 0 Å². The fourth-order valence-electron chi connectivity index (χ4n) is 3.34. The number of aryl methyl sites for hydroxylation is 1. The number of H-pyrrole nitrogens is 1. The molecular weight excluding hydrogens is 338 g/mol. The fourth-order valence-corrected chi connectivity index (χ4v) is 3.34. The van der Waals surface area contributed by atoms with Crippen molar-refractivity contribution in [3.63, 3.8) is 0 Å². The van der Waals surface area contributed by atoms with E-state index in [1.54, 1.807) is 4.57 Å². The molecule has 2 aromatic heterocycles. The van der Waals surface area contributed by atoms with Crippen molar-refractivity contribution >= 4 is 16.8 Å². The molecule has 0 atom stereocenters. The average Bonchev–Trinajstić information content (AvgIpc) is 2.90. The van der Waals surface area contributed by atoms with E-state index in [4.69, 9.17) is 0 Å². The summed E-state index contributed by atoms with van der Waals surface area (Å²) in [6.45, 7) is 4.19. The highest BCUT2D eigenvalue weighted by Crippen LogP contribution is 2.29. The van der Waals surface area contributed by atoms with Crippen LogP contribution < -0.4 is 28.3 Å². The molecule has 5 nitrogen and oxygen atoms in total. The molecule has 0 unspecified atom stereocenters. The molecule has 1 aliphatic rings. The van der Waals surface area contributed by atoms with Crippen molar-refractivity contribution in [2.75, 3.05) is 0 Å². The van der Waals surface area contributed by atoms with Crippen molar-refractivity contribution in [1.82, 2.24) is 9.88 Å². The van der Waals surface area contributed by atoms with Gasteiger partial charge in [0.05, 0.1) is 6.54 Å². The van der Waals surface area contributed by atoms with Crippen LogP contribution in [-0.4, -0.2) is 10.5 Å². The first-order chi connectivity index (χ1) is 11.5. The van der Waals surface area contributed by atoms with E-state index in [1.165, 1.54) is 6.92 Å². The summed E-state index contributed by atoms with van der Waals surface area (Å²) in [5, 5.41) is 3.85. The number of carbonyl (C=O) groups excluding carboxylic acids is 1. The highest BCUT2D eigenvalue weighted by Gasteiger charge is 2.28. The summed E-state index contributed by atoms with van der Waals surface area (Å²) in [4.78, 5) is 27.5. The summed E-state index contributed by atoms with van der Waals surface area (Å²) >= 11 is 0. The van der Waals surface area contributed by atoms with Crippen LogP contribution in [0.2, 0.25) is 0 Å². The Morgan fingerprint density at radius 1 is 1.28 bits per heavy atom. The number of carbonyl (C=O) groups is 1. The monoisotopic (exact) mass is 355 g/mol. The van der Waals surface area contributed by atoms with E-state index in [1.807, 2.05) is 31.2 Å². The molecule has 0 aliphatic carbocycles. The SMILES string of the molecule is CC(=O)NCc1c(C)cc2n(c1=O)Cc1cc3ccccc3[nH+]c1-2.[Cl-]. The molecule has 0 radical (unpaired) electrons. The molecule has 0 fully saturated rings. The summed E-state index contributed by atoms with van der Waals surface area (Å²) in [5.74, 6) is -0.137. The van der Waals surface area contributed by atoms with Gasteiger partial charge in [-0.15, -0.1) is 0 Å². The van der Waals surface area contributed by atoms with E-state index in [2.05, 4.69) is 22.4 Å². The second-order valence-electron chi connectivity index (χ2n) is 6.25. The summed E-state index contributed by atoms with van der Waals surface area (Å²) in [5.41, 5.74) is 5.58. The molecular formula is C19H18ClN3O2. The number of halogens is 1. The Balaban J connectivity index is 0.00000182. The predicted molar refractivity (Wildman–Crippen MR) is 91.6 cm³/mol. The van der Waals surface area contributed by atoms with E-state index in [0.717, 1.165) is 33.4 Å². The maximum atomic E-state index is 12.9. The largest absolute Gasteiger partial charge is 1.00 e. The van der Waals surface area contributed by atoms with Gasteiger partial charge in [-0.1, -0.05) is 12.1 Å². The van der Waals surface area contributed by atoms with Crippen LogP contribution in [0.1, 0.15) is 23.6 Å². The highest BCUT2D eigenvalue weighted by atomic mass is 35.5. The number of benzene rings is 1. The van der Waals surface area contributed by atoms with Gasteiger partial charge in [-0.05, 0) is 30.7 Å². The van der Waals surface area contributed by atoms with Crippen LogP contribution in [0.5, 0.6) is 0 Å². The van der Waals surface area contributed by atoms with Gasteiger partial charge in [-0.25, -0.2) is 4.98 Å². The number of rotatable bonds is 2. The van der Waals surface area contributed by atoms with E-state index in [0.29, 0.717) is 12.1 Å². The Morgan fingerprint density at radius 2 is 2.04 bits per heavy atom. The Kier molecular flexibility index (Phi) is 4.35. The number of hydrogen-bond donors (Lipinski definition) is 1. The molecule has 0 saturated carbocycles. The van der Waals surface area contributed by atoms with Crippen LogP contribution in [0, 0.1) is 6.92 Å². The molecule has 1 aromatic carbocycles. The molecule has 0 bridgehead atoms. The van der Waals surface area contributed by atoms with Crippen molar-refractivity contribution in [3.8, 4) is 11.4 Å². The third kappa shape index (κ3) is 2.81. The van der Waals surface area contributed by atoms with Crippen LogP contribution in [0.3, 0.4) is 0 Å². The number of aromatic amines is 1.